The van der Waals surface area contributed by atoms with Gasteiger partial charge >= 0.3 is 5.97 Å². The van der Waals surface area contributed by atoms with E-state index >= 15 is 0 Å². The highest BCUT2D eigenvalue weighted by atomic mass is 127. The Kier molecular flexibility index (Phi) is 9.40. The molecule has 0 saturated carbocycles. The quantitative estimate of drug-likeness (QED) is 0.174. The van der Waals surface area contributed by atoms with E-state index in [4.69, 9.17) is 18.6 Å². The van der Waals surface area contributed by atoms with Crippen LogP contribution in [0.4, 0.5) is 0 Å². The van der Waals surface area contributed by atoms with E-state index in [9.17, 15) is 4.79 Å². The highest BCUT2D eigenvalue weighted by Crippen LogP contribution is 2.49. The van der Waals surface area contributed by atoms with Gasteiger partial charge in [-0.1, -0.05) is 26.0 Å². The van der Waals surface area contributed by atoms with Crippen LogP contribution in [0.1, 0.15) is 40.5 Å². The zero-order valence-corrected chi connectivity index (χ0v) is 22.0. The van der Waals surface area contributed by atoms with E-state index in [2.05, 4.69) is 69.1 Å². The molecule has 5 atom stereocenters. The molecule has 0 aliphatic carbocycles. The molecule has 0 aromatic heterocycles. The number of carbonyl (C=O) groups excluding carboxylic acids is 1. The van der Waals surface area contributed by atoms with Crippen molar-refractivity contribution < 1.29 is 23.4 Å². The van der Waals surface area contributed by atoms with Crippen molar-refractivity contribution in [3.8, 4) is 0 Å². The standard InChI is InChI=1S/C21H37IO5Si/c1-15(10-11-19(23)24-5)13-21(25-6)20(4,27-28(7,8)9)14-18(26-21)16(2)12-17(3)22/h10-12,15-16,18H,13-14H2,1-9H3/b11-10+,17-12+/t15-,16-,18+,20-,21-/m1/s1. The van der Waals surface area contributed by atoms with Gasteiger partial charge < -0.3 is 18.6 Å². The zero-order chi connectivity index (χ0) is 21.8. The fraction of sp³-hybridized carbons (Fsp3) is 0.762. The van der Waals surface area contributed by atoms with Gasteiger partial charge in [0.1, 0.15) is 5.60 Å². The van der Waals surface area contributed by atoms with Gasteiger partial charge in [-0.3, -0.25) is 0 Å². The smallest absolute Gasteiger partial charge is 0.330 e. The van der Waals surface area contributed by atoms with Gasteiger partial charge in [0, 0.05) is 31.9 Å². The van der Waals surface area contributed by atoms with Crippen molar-refractivity contribution in [3.63, 3.8) is 0 Å². The minimum Gasteiger partial charge on any atom is -0.466 e. The first kappa shape index (κ1) is 25.8. The van der Waals surface area contributed by atoms with Crippen molar-refractivity contribution in [1.82, 2.24) is 0 Å². The largest absolute Gasteiger partial charge is 0.466 e. The Morgan fingerprint density at radius 1 is 1.32 bits per heavy atom. The Hall–Kier alpha value is -0.223. The number of halogens is 1. The van der Waals surface area contributed by atoms with Gasteiger partial charge in [-0.2, -0.15) is 0 Å². The summed E-state index contributed by atoms with van der Waals surface area (Å²) in [5.41, 5.74) is -0.564. The summed E-state index contributed by atoms with van der Waals surface area (Å²) in [7, 11) is 1.21. The fourth-order valence-corrected chi connectivity index (χ4v) is 6.08. The molecule has 1 aliphatic heterocycles. The topological polar surface area (TPSA) is 54.0 Å². The number of rotatable bonds is 9. The molecule has 1 saturated heterocycles. The van der Waals surface area contributed by atoms with Crippen LogP contribution < -0.4 is 0 Å². The van der Waals surface area contributed by atoms with Gasteiger partial charge in [-0.25, -0.2) is 4.79 Å². The molecule has 1 heterocycles. The predicted molar refractivity (Wildman–Crippen MR) is 124 cm³/mol. The van der Waals surface area contributed by atoms with Crippen LogP contribution in [0.3, 0.4) is 0 Å². The van der Waals surface area contributed by atoms with E-state index in [-0.39, 0.29) is 23.9 Å². The fourth-order valence-electron chi connectivity index (χ4n) is 3.92. The Morgan fingerprint density at radius 2 is 1.93 bits per heavy atom. The number of hydrogen-bond donors (Lipinski definition) is 0. The molecule has 1 fully saturated rings. The van der Waals surface area contributed by atoms with Crippen molar-refractivity contribution in [3.05, 3.63) is 21.8 Å². The van der Waals surface area contributed by atoms with Gasteiger partial charge in [0.05, 0.1) is 13.2 Å². The minimum atomic E-state index is -1.86. The minimum absolute atomic E-state index is 0.00260. The van der Waals surface area contributed by atoms with Crippen molar-refractivity contribution >= 4 is 36.9 Å². The van der Waals surface area contributed by atoms with Crippen molar-refractivity contribution in [2.24, 2.45) is 11.8 Å². The normalized spacial score (nSPS) is 31.2. The molecule has 0 aromatic carbocycles. The van der Waals surface area contributed by atoms with Crippen molar-refractivity contribution in [2.45, 2.75) is 77.7 Å². The lowest BCUT2D eigenvalue weighted by molar-refractivity contribution is -0.277. The molecule has 162 valence electrons. The Morgan fingerprint density at radius 3 is 2.39 bits per heavy atom. The summed E-state index contributed by atoms with van der Waals surface area (Å²) in [6, 6.07) is 0. The van der Waals surface area contributed by atoms with Gasteiger partial charge in [0.15, 0.2) is 14.1 Å². The predicted octanol–water partition coefficient (Wildman–Crippen LogP) is 5.46. The Labute approximate surface area is 185 Å². The van der Waals surface area contributed by atoms with Crippen LogP contribution in [0, 0.1) is 11.8 Å². The van der Waals surface area contributed by atoms with E-state index < -0.39 is 19.7 Å². The molecule has 0 radical (unpaired) electrons. The van der Waals surface area contributed by atoms with Crippen molar-refractivity contribution in [2.75, 3.05) is 14.2 Å². The summed E-state index contributed by atoms with van der Waals surface area (Å²) < 4.78 is 25.3. The molecule has 0 spiro atoms. The van der Waals surface area contributed by atoms with E-state index in [0.717, 1.165) is 6.42 Å². The van der Waals surface area contributed by atoms with Crippen LogP contribution in [-0.4, -0.2) is 46.0 Å². The first-order valence-electron chi connectivity index (χ1n) is 9.80. The summed E-state index contributed by atoms with van der Waals surface area (Å²) >= 11 is 2.33. The first-order valence-corrected chi connectivity index (χ1v) is 14.3. The zero-order valence-electron chi connectivity index (χ0n) is 18.8. The summed E-state index contributed by atoms with van der Waals surface area (Å²) in [6.07, 6.45) is 6.89. The molecular formula is C21H37IO5Si. The number of allylic oxidation sites excluding steroid dienone is 2. The van der Waals surface area contributed by atoms with Gasteiger partial charge in [-0.05, 0) is 65.6 Å². The van der Waals surface area contributed by atoms with Crippen LogP contribution in [-0.2, 0) is 23.4 Å². The molecular weight excluding hydrogens is 487 g/mol. The lowest BCUT2D eigenvalue weighted by Gasteiger charge is -2.45. The second-order valence-electron chi connectivity index (χ2n) is 8.94. The van der Waals surface area contributed by atoms with Crippen LogP contribution >= 0.6 is 22.6 Å². The average molecular weight is 525 g/mol. The summed E-state index contributed by atoms with van der Waals surface area (Å²) in [4.78, 5) is 11.5. The monoisotopic (exact) mass is 524 g/mol. The molecule has 0 amide bonds. The molecule has 7 heteroatoms. The number of methoxy groups -OCH3 is 2. The highest BCUT2D eigenvalue weighted by Gasteiger charge is 2.60. The molecule has 1 aliphatic rings. The van der Waals surface area contributed by atoms with Gasteiger partial charge in [-0.15, -0.1) is 0 Å². The van der Waals surface area contributed by atoms with Gasteiger partial charge in [0.25, 0.3) is 0 Å². The Bertz CT molecular complexity index is 596. The molecule has 0 N–H and O–H groups in total. The summed E-state index contributed by atoms with van der Waals surface area (Å²) in [5, 5.41) is 0. The maximum atomic E-state index is 11.5. The molecule has 5 nitrogen and oxygen atoms in total. The van der Waals surface area contributed by atoms with E-state index in [1.54, 1.807) is 7.11 Å². The van der Waals surface area contributed by atoms with Crippen LogP contribution in [0.15, 0.2) is 21.8 Å². The lowest BCUT2D eigenvalue weighted by atomic mass is 9.84. The van der Waals surface area contributed by atoms with Crippen LogP contribution in [0.2, 0.25) is 19.6 Å². The number of carbonyl (C=O) groups is 1. The summed E-state index contributed by atoms with van der Waals surface area (Å²) in [5.74, 6) is -0.932. The summed E-state index contributed by atoms with van der Waals surface area (Å²) in [6.45, 7) is 15.0. The number of ether oxygens (including phenoxy) is 3. The van der Waals surface area contributed by atoms with E-state index in [1.807, 2.05) is 13.0 Å². The molecule has 0 aromatic rings. The third-order valence-electron chi connectivity index (χ3n) is 5.03. The molecule has 1 rings (SSSR count). The van der Waals surface area contributed by atoms with E-state index in [1.165, 1.54) is 16.8 Å². The van der Waals surface area contributed by atoms with Gasteiger partial charge in [0.2, 0.25) is 0 Å². The lowest BCUT2D eigenvalue weighted by Crippen LogP contribution is -2.56. The number of hydrogen-bond acceptors (Lipinski definition) is 5. The van der Waals surface area contributed by atoms with Crippen LogP contribution in [0.5, 0.6) is 0 Å². The SMILES string of the molecule is COC(=O)/C=C/[C@@H](C)C[C@@]1(OC)O[C@H]([C@H](C)/C=C(\C)I)C[C@@]1(C)O[Si](C)(C)C. The second-order valence-corrected chi connectivity index (χ2v) is 15.1. The Balaban J connectivity index is 3.21. The number of esters is 1. The third kappa shape index (κ3) is 6.93. The molecule has 28 heavy (non-hydrogen) atoms. The average Bonchev–Trinajstić information content (AvgIpc) is 2.82. The first-order chi connectivity index (χ1) is 12.8. The second kappa shape index (κ2) is 10.2. The van der Waals surface area contributed by atoms with E-state index in [0.29, 0.717) is 6.42 Å². The maximum Gasteiger partial charge on any atom is 0.330 e. The molecule has 0 unspecified atom stereocenters. The third-order valence-corrected chi connectivity index (χ3v) is 6.45. The highest BCUT2D eigenvalue weighted by molar-refractivity contribution is 14.1. The maximum absolute atomic E-state index is 11.5. The molecule has 0 bridgehead atoms. The van der Waals surface area contributed by atoms with Crippen molar-refractivity contribution in [1.29, 1.82) is 0 Å². The van der Waals surface area contributed by atoms with Crippen LogP contribution in [0.25, 0.3) is 0 Å².